The number of carbonyl (C=O) groups excluding carboxylic acids is 2. The van der Waals surface area contributed by atoms with E-state index in [0.29, 0.717) is 4.90 Å². The Balaban J connectivity index is 6.16. The molecular weight excluding hydrogens is 528 g/mol. The van der Waals surface area contributed by atoms with Crippen LogP contribution in [0.2, 0.25) is 0 Å². The summed E-state index contributed by atoms with van der Waals surface area (Å²) in [5, 5.41) is -4.73. The second kappa shape index (κ2) is 11.6. The first kappa shape index (κ1) is 33.3. The van der Waals surface area contributed by atoms with Crippen molar-refractivity contribution in [2.45, 2.75) is 88.4 Å². The lowest BCUT2D eigenvalue weighted by molar-refractivity contribution is -0.352. The van der Waals surface area contributed by atoms with Gasteiger partial charge in [-0.3, -0.25) is 4.79 Å². The van der Waals surface area contributed by atoms with Crippen LogP contribution < -0.4 is 0 Å². The van der Waals surface area contributed by atoms with Gasteiger partial charge in [0.25, 0.3) is 0 Å². The molecule has 0 saturated heterocycles. The molecule has 0 fully saturated rings. The highest BCUT2D eigenvalue weighted by atomic mass is 32.1. The molecule has 16 heteroatoms. The Bertz CT molecular complexity index is 754. The Labute approximate surface area is 200 Å². The lowest BCUT2D eigenvalue weighted by Crippen LogP contribution is -2.64. The van der Waals surface area contributed by atoms with Crippen LogP contribution in [0.5, 0.6) is 0 Å². The highest BCUT2D eigenvalue weighted by Gasteiger charge is 2.68. The molecule has 0 aromatic heterocycles. The molecule has 0 spiro atoms. The van der Waals surface area contributed by atoms with Crippen LogP contribution in [0.3, 0.4) is 0 Å². The highest BCUT2D eigenvalue weighted by molar-refractivity contribution is 7.81. The summed E-state index contributed by atoms with van der Waals surface area (Å²) in [4.78, 5) is 25.3. The molecule has 1 atom stereocenters. The quantitative estimate of drug-likeness (QED) is 0.0818. The van der Waals surface area contributed by atoms with Crippen LogP contribution in [0, 0.1) is 0 Å². The van der Waals surface area contributed by atoms with Gasteiger partial charge in [-0.1, -0.05) is 19.2 Å². The zero-order valence-electron chi connectivity index (χ0n) is 19.0. The molecule has 0 radical (unpaired) electrons. The fourth-order valence-corrected chi connectivity index (χ4v) is 2.87. The zero-order chi connectivity index (χ0) is 28.2. The van der Waals surface area contributed by atoms with Gasteiger partial charge in [0.1, 0.15) is 5.57 Å². The van der Waals surface area contributed by atoms with E-state index in [1.165, 1.54) is 27.7 Å². The maximum Gasteiger partial charge on any atom is 0.466 e. The van der Waals surface area contributed by atoms with E-state index in [-0.39, 0.29) is 0 Å². The normalized spacial score (nSPS) is 15.2. The second-order valence-electron chi connectivity index (χ2n) is 7.93. The first-order valence-corrected chi connectivity index (χ1v) is 10.4. The van der Waals surface area contributed by atoms with E-state index in [2.05, 4.69) is 28.7 Å². The third kappa shape index (κ3) is 8.43. The molecule has 35 heavy (non-hydrogen) atoms. The summed E-state index contributed by atoms with van der Waals surface area (Å²) in [6.45, 7) is 6.07. The standard InChI is InChI=1S/C19H25F10NO4S/c1-10(2)30(11(3)4)14(32)16(18(25,26)27,34-13(31)12(5)17(22,23)24)33-9-7-6-8-15(20,21)19(28,29)35/h10-11,35H,5-9H2,1-4H3. The molecule has 0 aromatic carbocycles. The minimum atomic E-state index is -5.95. The fourth-order valence-electron chi connectivity index (χ4n) is 2.75. The van der Waals surface area contributed by atoms with Crippen LogP contribution in [0.25, 0.3) is 0 Å². The number of unbranched alkanes of at least 4 members (excludes halogenated alkanes) is 1. The van der Waals surface area contributed by atoms with E-state index < -0.39 is 84.7 Å². The van der Waals surface area contributed by atoms with Gasteiger partial charge < -0.3 is 14.4 Å². The number of hydrogen-bond donors (Lipinski definition) is 1. The van der Waals surface area contributed by atoms with E-state index in [4.69, 9.17) is 0 Å². The Morgan fingerprint density at radius 3 is 1.69 bits per heavy atom. The molecule has 0 aliphatic heterocycles. The number of alkyl halides is 10. The monoisotopic (exact) mass is 553 g/mol. The summed E-state index contributed by atoms with van der Waals surface area (Å²) >= 11 is 2.44. The van der Waals surface area contributed by atoms with E-state index in [9.17, 15) is 53.5 Å². The Morgan fingerprint density at radius 2 is 1.34 bits per heavy atom. The Kier molecular flexibility index (Phi) is 11.0. The molecule has 0 bridgehead atoms. The molecule has 206 valence electrons. The first-order chi connectivity index (χ1) is 15.4. The number of amides is 1. The first-order valence-electron chi connectivity index (χ1n) is 9.93. The van der Waals surface area contributed by atoms with Crippen molar-refractivity contribution in [2.75, 3.05) is 6.61 Å². The molecule has 0 N–H and O–H groups in total. The predicted octanol–water partition coefficient (Wildman–Crippen LogP) is 5.90. The number of rotatable bonds is 12. The van der Waals surface area contributed by atoms with Crippen molar-refractivity contribution in [3.63, 3.8) is 0 Å². The highest BCUT2D eigenvalue weighted by Crippen LogP contribution is 2.42. The number of nitrogens with zero attached hydrogens (tertiary/aromatic N) is 1. The molecule has 1 amide bonds. The number of thiol groups is 1. The third-order valence-corrected chi connectivity index (χ3v) is 4.78. The molecule has 0 heterocycles. The summed E-state index contributed by atoms with van der Waals surface area (Å²) in [7, 11) is 0. The third-order valence-electron chi connectivity index (χ3n) is 4.46. The maximum atomic E-state index is 14.1. The van der Waals surface area contributed by atoms with Gasteiger partial charge in [0.05, 0.1) is 6.61 Å². The minimum Gasteiger partial charge on any atom is -0.412 e. The Hall–Kier alpha value is -1.71. The SMILES string of the molecule is C=C(C(=O)OC(OCCCCC(F)(F)C(F)(F)S)(C(=O)N(C(C)C)C(C)C)C(F)(F)F)C(F)(F)F. The van der Waals surface area contributed by atoms with Gasteiger partial charge in [-0.05, 0) is 40.5 Å². The van der Waals surface area contributed by atoms with Crippen molar-refractivity contribution in [1.29, 1.82) is 0 Å². The van der Waals surface area contributed by atoms with Crippen LogP contribution >= 0.6 is 12.6 Å². The van der Waals surface area contributed by atoms with Gasteiger partial charge in [0.15, 0.2) is 0 Å². The molecule has 0 aromatic rings. The van der Waals surface area contributed by atoms with Gasteiger partial charge in [-0.25, -0.2) is 4.79 Å². The Morgan fingerprint density at radius 1 is 0.886 bits per heavy atom. The molecule has 0 aliphatic rings. The maximum absolute atomic E-state index is 14.1. The summed E-state index contributed by atoms with van der Waals surface area (Å²) in [6, 6.07) is -1.98. The van der Waals surface area contributed by atoms with E-state index in [1.54, 1.807) is 0 Å². The lowest BCUT2D eigenvalue weighted by atomic mass is 10.1. The summed E-state index contributed by atoms with van der Waals surface area (Å²) in [5.41, 5.74) is -2.38. The second-order valence-corrected chi connectivity index (χ2v) is 8.49. The molecule has 0 rings (SSSR count). The smallest absolute Gasteiger partial charge is 0.412 e. The summed E-state index contributed by atoms with van der Waals surface area (Å²) in [6.07, 6.45) is -14.7. The van der Waals surface area contributed by atoms with Crippen LogP contribution in [0.1, 0.15) is 47.0 Å². The van der Waals surface area contributed by atoms with E-state index >= 15 is 0 Å². The van der Waals surface area contributed by atoms with Crippen LogP contribution in [-0.4, -0.2) is 64.8 Å². The number of hydrogen-bond acceptors (Lipinski definition) is 5. The van der Waals surface area contributed by atoms with Crippen molar-refractivity contribution >= 4 is 24.5 Å². The number of carbonyl (C=O) groups is 2. The number of esters is 1. The van der Waals surface area contributed by atoms with Crippen LogP contribution in [-0.2, 0) is 19.1 Å². The van der Waals surface area contributed by atoms with Gasteiger partial charge in [0.2, 0.25) is 0 Å². The largest absolute Gasteiger partial charge is 0.466 e. The van der Waals surface area contributed by atoms with Gasteiger partial charge in [-0.2, -0.15) is 43.9 Å². The molecule has 5 nitrogen and oxygen atoms in total. The topological polar surface area (TPSA) is 55.8 Å². The molecule has 1 unspecified atom stereocenters. The van der Waals surface area contributed by atoms with Gasteiger partial charge in [-0.15, -0.1) is 0 Å². The average molecular weight is 553 g/mol. The lowest BCUT2D eigenvalue weighted by Gasteiger charge is -2.40. The van der Waals surface area contributed by atoms with Gasteiger partial charge in [0, 0.05) is 18.5 Å². The summed E-state index contributed by atoms with van der Waals surface area (Å²) in [5.74, 6) is -14.0. The molecule has 0 aliphatic carbocycles. The summed E-state index contributed by atoms with van der Waals surface area (Å²) < 4.78 is 141. The average Bonchev–Trinajstić information content (AvgIpc) is 2.62. The van der Waals surface area contributed by atoms with Crippen LogP contribution in [0.15, 0.2) is 12.2 Å². The number of ether oxygens (including phenoxy) is 2. The van der Waals surface area contributed by atoms with Gasteiger partial charge >= 0.3 is 41.2 Å². The molecular formula is C19H25F10NO4S. The van der Waals surface area contributed by atoms with Crippen molar-refractivity contribution in [2.24, 2.45) is 0 Å². The number of halogens is 10. The van der Waals surface area contributed by atoms with E-state index in [0.717, 1.165) is 0 Å². The minimum absolute atomic E-state index is 0.521. The van der Waals surface area contributed by atoms with Crippen molar-refractivity contribution in [3.05, 3.63) is 12.2 Å². The zero-order valence-corrected chi connectivity index (χ0v) is 19.9. The van der Waals surface area contributed by atoms with Crippen molar-refractivity contribution < 1.29 is 63.0 Å². The fraction of sp³-hybridized carbons (Fsp3) is 0.789. The predicted molar refractivity (Wildman–Crippen MR) is 106 cm³/mol. The van der Waals surface area contributed by atoms with Crippen molar-refractivity contribution in [3.8, 4) is 0 Å². The molecule has 0 saturated carbocycles. The van der Waals surface area contributed by atoms with Crippen LogP contribution in [0.4, 0.5) is 43.9 Å². The van der Waals surface area contributed by atoms with Crippen molar-refractivity contribution in [1.82, 2.24) is 4.90 Å². The van der Waals surface area contributed by atoms with E-state index in [1.807, 2.05) is 0 Å².